The summed E-state index contributed by atoms with van der Waals surface area (Å²) < 4.78 is 0. The average molecular weight is 149 g/mol. The van der Waals surface area contributed by atoms with Crippen molar-refractivity contribution in [3.8, 4) is 5.75 Å². The van der Waals surface area contributed by atoms with Crippen LogP contribution < -0.4 is 5.73 Å². The molecule has 3 N–H and O–H groups in total. The summed E-state index contributed by atoms with van der Waals surface area (Å²) in [7, 11) is 0. The molecule has 0 aliphatic heterocycles. The Morgan fingerprint density at radius 3 is 2.64 bits per heavy atom. The van der Waals surface area contributed by atoms with E-state index in [1.807, 2.05) is 6.92 Å². The van der Waals surface area contributed by atoms with Gasteiger partial charge in [0.1, 0.15) is 5.75 Å². The first-order chi connectivity index (χ1) is 5.11. The lowest BCUT2D eigenvalue weighted by Gasteiger charge is -2.03. The number of phenols is 1. The second-order valence-corrected chi connectivity index (χ2v) is 2.56. The molecule has 0 heterocycles. The smallest absolute Gasteiger partial charge is 0.125 e. The first-order valence-corrected chi connectivity index (χ1v) is 3.35. The van der Waals surface area contributed by atoms with Crippen molar-refractivity contribution in [2.75, 3.05) is 5.73 Å². The van der Waals surface area contributed by atoms with Crippen LogP contribution in [0.1, 0.15) is 12.5 Å². The van der Waals surface area contributed by atoms with Gasteiger partial charge >= 0.3 is 0 Å². The Bertz CT molecular complexity index is 292. The van der Waals surface area contributed by atoms with E-state index in [1.54, 1.807) is 12.1 Å². The van der Waals surface area contributed by atoms with Crippen LogP contribution in [0.3, 0.4) is 0 Å². The van der Waals surface area contributed by atoms with E-state index in [0.717, 1.165) is 11.1 Å². The molecule has 0 saturated heterocycles. The molecule has 0 atom stereocenters. The third kappa shape index (κ3) is 1.52. The molecule has 1 aromatic carbocycles. The normalized spacial score (nSPS) is 9.55. The first kappa shape index (κ1) is 7.66. The van der Waals surface area contributed by atoms with Gasteiger partial charge in [-0.05, 0) is 24.6 Å². The number of hydrogen-bond donors (Lipinski definition) is 2. The van der Waals surface area contributed by atoms with Gasteiger partial charge in [-0.15, -0.1) is 0 Å². The molecule has 0 unspecified atom stereocenters. The highest BCUT2D eigenvalue weighted by molar-refractivity contribution is 5.69. The highest BCUT2D eigenvalue weighted by Gasteiger charge is 2.00. The molecule has 0 amide bonds. The van der Waals surface area contributed by atoms with Crippen molar-refractivity contribution in [3.05, 3.63) is 30.3 Å². The zero-order valence-electron chi connectivity index (χ0n) is 6.46. The number of nitrogens with two attached hydrogens (primary N) is 1. The number of anilines is 1. The maximum absolute atomic E-state index is 9.32. The summed E-state index contributed by atoms with van der Waals surface area (Å²) in [6.07, 6.45) is 0. The van der Waals surface area contributed by atoms with Crippen LogP contribution in [-0.2, 0) is 0 Å². The molecule has 0 aliphatic rings. The van der Waals surface area contributed by atoms with Crippen molar-refractivity contribution in [2.45, 2.75) is 6.92 Å². The molecule has 0 saturated carbocycles. The number of allylic oxidation sites excluding steroid dienone is 1. The molecule has 0 bridgehead atoms. The van der Waals surface area contributed by atoms with Gasteiger partial charge < -0.3 is 10.8 Å². The van der Waals surface area contributed by atoms with E-state index in [2.05, 4.69) is 6.58 Å². The number of rotatable bonds is 1. The second-order valence-electron chi connectivity index (χ2n) is 2.56. The lowest BCUT2D eigenvalue weighted by molar-refractivity contribution is 0.474. The van der Waals surface area contributed by atoms with Gasteiger partial charge in [0.15, 0.2) is 0 Å². The number of hydrogen-bond acceptors (Lipinski definition) is 2. The molecule has 2 heteroatoms. The summed E-state index contributed by atoms with van der Waals surface area (Å²) in [5, 5.41) is 9.32. The molecule has 0 aromatic heterocycles. The van der Waals surface area contributed by atoms with Gasteiger partial charge in [-0.25, -0.2) is 0 Å². The monoisotopic (exact) mass is 149 g/mol. The van der Waals surface area contributed by atoms with E-state index in [4.69, 9.17) is 5.73 Å². The Balaban J connectivity index is 3.20. The van der Waals surface area contributed by atoms with Crippen molar-refractivity contribution in [1.29, 1.82) is 0 Å². The predicted molar refractivity (Wildman–Crippen MR) is 47.2 cm³/mol. The van der Waals surface area contributed by atoms with Gasteiger partial charge in [0, 0.05) is 17.3 Å². The Kier molecular flexibility index (Phi) is 1.85. The SMILES string of the molecule is C=C(C)c1ccc(N)cc1O. The molecule has 1 aromatic rings. The molecule has 0 radical (unpaired) electrons. The summed E-state index contributed by atoms with van der Waals surface area (Å²) in [4.78, 5) is 0. The molecule has 0 spiro atoms. The summed E-state index contributed by atoms with van der Waals surface area (Å²) in [5.74, 6) is 0.192. The predicted octanol–water partition coefficient (Wildman–Crippen LogP) is 2.01. The van der Waals surface area contributed by atoms with Crippen LogP contribution in [0.4, 0.5) is 5.69 Å². The van der Waals surface area contributed by atoms with Crippen LogP contribution in [0, 0.1) is 0 Å². The molecular formula is C9H11NO. The minimum absolute atomic E-state index is 0.192. The van der Waals surface area contributed by atoms with Gasteiger partial charge in [-0.2, -0.15) is 0 Å². The summed E-state index contributed by atoms with van der Waals surface area (Å²) in [6, 6.07) is 5.01. The van der Waals surface area contributed by atoms with E-state index < -0.39 is 0 Å². The first-order valence-electron chi connectivity index (χ1n) is 3.35. The standard InChI is InChI=1S/C9H11NO/c1-6(2)8-4-3-7(10)5-9(8)11/h3-5,11H,1,10H2,2H3. The fourth-order valence-corrected chi connectivity index (χ4v) is 0.910. The van der Waals surface area contributed by atoms with Crippen LogP contribution in [0.2, 0.25) is 0 Å². The lowest BCUT2D eigenvalue weighted by atomic mass is 10.1. The summed E-state index contributed by atoms with van der Waals surface area (Å²) >= 11 is 0. The maximum Gasteiger partial charge on any atom is 0.125 e. The maximum atomic E-state index is 9.32. The summed E-state index contributed by atoms with van der Waals surface area (Å²) in [5.41, 5.74) is 7.59. The van der Waals surface area contributed by atoms with Crippen molar-refractivity contribution >= 4 is 11.3 Å². The Morgan fingerprint density at radius 1 is 1.55 bits per heavy atom. The largest absolute Gasteiger partial charge is 0.507 e. The van der Waals surface area contributed by atoms with Crippen LogP contribution >= 0.6 is 0 Å². The Hall–Kier alpha value is -1.44. The van der Waals surface area contributed by atoms with E-state index in [9.17, 15) is 5.11 Å². The van der Waals surface area contributed by atoms with Gasteiger partial charge in [-0.3, -0.25) is 0 Å². The third-order valence-electron chi connectivity index (χ3n) is 1.48. The Labute approximate surface area is 66.0 Å². The van der Waals surface area contributed by atoms with Crippen LogP contribution in [0.25, 0.3) is 5.57 Å². The minimum Gasteiger partial charge on any atom is -0.507 e. The fourth-order valence-electron chi connectivity index (χ4n) is 0.910. The topological polar surface area (TPSA) is 46.2 Å². The number of benzene rings is 1. The second kappa shape index (κ2) is 2.66. The van der Waals surface area contributed by atoms with Crippen LogP contribution in [-0.4, -0.2) is 5.11 Å². The number of nitrogen functional groups attached to an aromatic ring is 1. The van der Waals surface area contributed by atoms with Gasteiger partial charge in [0.2, 0.25) is 0 Å². The van der Waals surface area contributed by atoms with E-state index in [-0.39, 0.29) is 5.75 Å². The van der Waals surface area contributed by atoms with E-state index >= 15 is 0 Å². The molecule has 58 valence electrons. The quantitative estimate of drug-likeness (QED) is 0.600. The molecular weight excluding hydrogens is 138 g/mol. The zero-order chi connectivity index (χ0) is 8.43. The molecule has 0 aliphatic carbocycles. The third-order valence-corrected chi connectivity index (χ3v) is 1.48. The van der Waals surface area contributed by atoms with Gasteiger partial charge in [0.25, 0.3) is 0 Å². The highest BCUT2D eigenvalue weighted by Crippen LogP contribution is 2.25. The van der Waals surface area contributed by atoms with Crippen molar-refractivity contribution < 1.29 is 5.11 Å². The number of phenolic OH excluding ortho intramolecular Hbond substituents is 1. The van der Waals surface area contributed by atoms with Gasteiger partial charge in [-0.1, -0.05) is 6.58 Å². The summed E-state index contributed by atoms with van der Waals surface area (Å²) in [6.45, 7) is 5.55. The Morgan fingerprint density at radius 2 is 2.18 bits per heavy atom. The molecule has 1 rings (SSSR count). The molecule has 2 nitrogen and oxygen atoms in total. The molecule has 0 fully saturated rings. The van der Waals surface area contributed by atoms with E-state index in [0.29, 0.717) is 5.69 Å². The highest BCUT2D eigenvalue weighted by atomic mass is 16.3. The van der Waals surface area contributed by atoms with Crippen LogP contribution in [0.15, 0.2) is 24.8 Å². The average Bonchev–Trinajstić information content (AvgIpc) is 1.85. The number of aromatic hydroxyl groups is 1. The molecule has 11 heavy (non-hydrogen) atoms. The lowest BCUT2D eigenvalue weighted by Crippen LogP contribution is -1.85. The van der Waals surface area contributed by atoms with Crippen molar-refractivity contribution in [1.82, 2.24) is 0 Å². The van der Waals surface area contributed by atoms with E-state index in [1.165, 1.54) is 6.07 Å². The van der Waals surface area contributed by atoms with Crippen molar-refractivity contribution in [3.63, 3.8) is 0 Å². The fraction of sp³-hybridized carbons (Fsp3) is 0.111. The minimum atomic E-state index is 0.192. The zero-order valence-corrected chi connectivity index (χ0v) is 6.46. The van der Waals surface area contributed by atoms with Crippen LogP contribution in [0.5, 0.6) is 5.75 Å². The van der Waals surface area contributed by atoms with Crippen molar-refractivity contribution in [2.24, 2.45) is 0 Å². The van der Waals surface area contributed by atoms with Gasteiger partial charge in [0.05, 0.1) is 0 Å².